The van der Waals surface area contributed by atoms with E-state index in [-0.39, 0.29) is 29.8 Å². The van der Waals surface area contributed by atoms with Gasteiger partial charge in [-0.3, -0.25) is 14.5 Å². The molecule has 2 rings (SSSR count). The molecule has 0 bridgehead atoms. The zero-order chi connectivity index (χ0) is 20.0. The SMILES string of the molecule is CCC(=O)Nc1ccc(N2CCN(CC(=O)NC(C)C)CC2)cc1C(=O)O. The molecule has 1 aliphatic heterocycles. The van der Waals surface area contributed by atoms with Crippen molar-refractivity contribution in [2.24, 2.45) is 0 Å². The molecule has 1 heterocycles. The van der Waals surface area contributed by atoms with Crippen molar-refractivity contribution in [2.45, 2.75) is 33.2 Å². The van der Waals surface area contributed by atoms with Crippen molar-refractivity contribution in [3.63, 3.8) is 0 Å². The summed E-state index contributed by atoms with van der Waals surface area (Å²) in [6, 6.07) is 5.17. The Labute approximate surface area is 159 Å². The van der Waals surface area contributed by atoms with E-state index in [2.05, 4.69) is 20.4 Å². The second-order valence-electron chi connectivity index (χ2n) is 6.92. The summed E-state index contributed by atoms with van der Waals surface area (Å²) in [5.74, 6) is -1.28. The molecule has 1 aliphatic rings. The van der Waals surface area contributed by atoms with Gasteiger partial charge in [0.25, 0.3) is 0 Å². The number of amides is 2. The second kappa shape index (κ2) is 9.36. The van der Waals surface area contributed by atoms with Gasteiger partial charge in [-0.15, -0.1) is 0 Å². The summed E-state index contributed by atoms with van der Waals surface area (Å²) in [4.78, 5) is 39.2. The van der Waals surface area contributed by atoms with Crippen LogP contribution in [-0.4, -0.2) is 66.6 Å². The van der Waals surface area contributed by atoms with Crippen LogP contribution in [0.4, 0.5) is 11.4 Å². The maximum Gasteiger partial charge on any atom is 0.337 e. The average Bonchev–Trinajstić information content (AvgIpc) is 2.61. The van der Waals surface area contributed by atoms with Crippen molar-refractivity contribution in [2.75, 3.05) is 42.9 Å². The molecule has 0 radical (unpaired) electrons. The van der Waals surface area contributed by atoms with Gasteiger partial charge in [0, 0.05) is 44.3 Å². The molecule has 8 heteroatoms. The lowest BCUT2D eigenvalue weighted by atomic mass is 10.1. The van der Waals surface area contributed by atoms with Crippen LogP contribution in [0, 0.1) is 0 Å². The van der Waals surface area contributed by atoms with Gasteiger partial charge in [0.05, 0.1) is 17.8 Å². The minimum atomic E-state index is -1.08. The lowest BCUT2D eigenvalue weighted by molar-refractivity contribution is -0.122. The van der Waals surface area contributed by atoms with E-state index < -0.39 is 5.97 Å². The zero-order valence-electron chi connectivity index (χ0n) is 16.1. The van der Waals surface area contributed by atoms with E-state index in [0.717, 1.165) is 18.8 Å². The predicted molar refractivity (Wildman–Crippen MR) is 104 cm³/mol. The van der Waals surface area contributed by atoms with Gasteiger partial charge in [0.1, 0.15) is 0 Å². The normalized spacial score (nSPS) is 14.9. The maximum absolute atomic E-state index is 11.9. The first-order valence-electron chi connectivity index (χ1n) is 9.24. The molecule has 3 N–H and O–H groups in total. The summed E-state index contributed by atoms with van der Waals surface area (Å²) in [7, 11) is 0. The standard InChI is InChI=1S/C19H28N4O4/c1-4-17(24)21-16-6-5-14(11-15(16)19(26)27)23-9-7-22(8-10-23)12-18(25)20-13(2)3/h5-6,11,13H,4,7-10,12H2,1-3H3,(H,20,25)(H,21,24)(H,26,27). The van der Waals surface area contributed by atoms with Gasteiger partial charge in [0.2, 0.25) is 11.8 Å². The number of hydrogen-bond acceptors (Lipinski definition) is 5. The first-order chi connectivity index (χ1) is 12.8. The highest BCUT2D eigenvalue weighted by Gasteiger charge is 2.21. The summed E-state index contributed by atoms with van der Waals surface area (Å²) >= 11 is 0. The average molecular weight is 376 g/mol. The number of anilines is 2. The van der Waals surface area contributed by atoms with Crippen molar-refractivity contribution >= 4 is 29.2 Å². The monoisotopic (exact) mass is 376 g/mol. The zero-order valence-corrected chi connectivity index (χ0v) is 16.1. The number of carboxylic acids is 1. The van der Waals surface area contributed by atoms with Crippen LogP contribution < -0.4 is 15.5 Å². The highest BCUT2D eigenvalue weighted by Crippen LogP contribution is 2.24. The third kappa shape index (κ3) is 5.96. The van der Waals surface area contributed by atoms with Crippen molar-refractivity contribution in [1.82, 2.24) is 10.2 Å². The van der Waals surface area contributed by atoms with Crippen LogP contribution in [0.5, 0.6) is 0 Å². The quantitative estimate of drug-likeness (QED) is 0.665. The molecular formula is C19H28N4O4. The Kier molecular flexibility index (Phi) is 7.18. The summed E-state index contributed by atoms with van der Waals surface area (Å²) < 4.78 is 0. The Morgan fingerprint density at radius 2 is 1.78 bits per heavy atom. The topological polar surface area (TPSA) is 102 Å². The van der Waals surface area contributed by atoms with E-state index in [1.807, 2.05) is 19.9 Å². The Bertz CT molecular complexity index is 697. The number of benzene rings is 1. The van der Waals surface area contributed by atoms with E-state index in [4.69, 9.17) is 0 Å². The van der Waals surface area contributed by atoms with E-state index in [1.165, 1.54) is 0 Å². The van der Waals surface area contributed by atoms with E-state index in [0.29, 0.717) is 25.3 Å². The van der Waals surface area contributed by atoms with E-state index in [9.17, 15) is 19.5 Å². The van der Waals surface area contributed by atoms with Crippen molar-refractivity contribution < 1.29 is 19.5 Å². The minimum absolute atomic E-state index is 0.0163. The molecule has 27 heavy (non-hydrogen) atoms. The fourth-order valence-corrected chi connectivity index (χ4v) is 2.99. The van der Waals surface area contributed by atoms with Gasteiger partial charge < -0.3 is 20.6 Å². The molecule has 2 amide bonds. The summed E-state index contributed by atoms with van der Waals surface area (Å²) in [5, 5.41) is 15.0. The smallest absolute Gasteiger partial charge is 0.337 e. The summed E-state index contributed by atoms with van der Waals surface area (Å²) in [5.41, 5.74) is 1.18. The number of nitrogens with zero attached hydrogens (tertiary/aromatic N) is 2. The summed E-state index contributed by atoms with van der Waals surface area (Å²) in [6.45, 7) is 8.80. The fraction of sp³-hybridized carbons (Fsp3) is 0.526. The van der Waals surface area contributed by atoms with E-state index >= 15 is 0 Å². The van der Waals surface area contributed by atoms with Crippen LogP contribution in [0.2, 0.25) is 0 Å². The molecule has 1 saturated heterocycles. The molecule has 0 saturated carbocycles. The highest BCUT2D eigenvalue weighted by molar-refractivity contribution is 6.01. The largest absolute Gasteiger partial charge is 0.478 e. The van der Waals surface area contributed by atoms with Crippen LogP contribution in [0.1, 0.15) is 37.6 Å². The molecule has 0 spiro atoms. The van der Waals surface area contributed by atoms with E-state index in [1.54, 1.807) is 19.1 Å². The lowest BCUT2D eigenvalue weighted by Gasteiger charge is -2.36. The number of nitrogens with one attached hydrogen (secondary N) is 2. The molecule has 1 aromatic carbocycles. The molecular weight excluding hydrogens is 348 g/mol. The number of aromatic carboxylic acids is 1. The first-order valence-corrected chi connectivity index (χ1v) is 9.24. The van der Waals surface area contributed by atoms with Crippen molar-refractivity contribution in [1.29, 1.82) is 0 Å². The van der Waals surface area contributed by atoms with Crippen LogP contribution in [0.15, 0.2) is 18.2 Å². The molecule has 1 aromatic rings. The number of hydrogen-bond donors (Lipinski definition) is 3. The Morgan fingerprint density at radius 3 is 2.33 bits per heavy atom. The van der Waals surface area contributed by atoms with Gasteiger partial charge >= 0.3 is 5.97 Å². The van der Waals surface area contributed by atoms with Crippen LogP contribution in [-0.2, 0) is 9.59 Å². The second-order valence-corrected chi connectivity index (χ2v) is 6.92. The Morgan fingerprint density at radius 1 is 1.11 bits per heavy atom. The Balaban J connectivity index is 2.01. The number of carbonyl (C=O) groups is 3. The highest BCUT2D eigenvalue weighted by atomic mass is 16.4. The summed E-state index contributed by atoms with van der Waals surface area (Å²) in [6.07, 6.45) is 0.285. The van der Waals surface area contributed by atoms with Crippen LogP contribution >= 0.6 is 0 Å². The molecule has 0 aliphatic carbocycles. The molecule has 0 unspecified atom stereocenters. The number of carbonyl (C=O) groups excluding carboxylic acids is 2. The molecule has 148 valence electrons. The van der Waals surface area contributed by atoms with Crippen LogP contribution in [0.25, 0.3) is 0 Å². The molecule has 0 aromatic heterocycles. The maximum atomic E-state index is 11.9. The number of rotatable bonds is 7. The molecule has 1 fully saturated rings. The van der Waals surface area contributed by atoms with Crippen LogP contribution in [0.3, 0.4) is 0 Å². The van der Waals surface area contributed by atoms with Gasteiger partial charge in [-0.2, -0.15) is 0 Å². The van der Waals surface area contributed by atoms with Gasteiger partial charge in [-0.25, -0.2) is 4.79 Å². The lowest BCUT2D eigenvalue weighted by Crippen LogP contribution is -2.50. The van der Waals surface area contributed by atoms with Gasteiger partial charge in [0.15, 0.2) is 0 Å². The number of carboxylic acid groups (broad SMARTS) is 1. The molecule has 8 nitrogen and oxygen atoms in total. The van der Waals surface area contributed by atoms with Crippen molar-refractivity contribution in [3.05, 3.63) is 23.8 Å². The predicted octanol–water partition coefficient (Wildman–Crippen LogP) is 1.38. The van der Waals surface area contributed by atoms with Gasteiger partial charge in [-0.1, -0.05) is 6.92 Å². The Hall–Kier alpha value is -2.61. The third-order valence-electron chi connectivity index (χ3n) is 4.38. The number of piperazine rings is 1. The van der Waals surface area contributed by atoms with Crippen molar-refractivity contribution in [3.8, 4) is 0 Å². The fourth-order valence-electron chi connectivity index (χ4n) is 2.99. The third-order valence-corrected chi connectivity index (χ3v) is 4.38. The molecule has 0 atom stereocenters. The first kappa shape index (κ1) is 20.7. The van der Waals surface area contributed by atoms with Gasteiger partial charge in [-0.05, 0) is 32.0 Å². The minimum Gasteiger partial charge on any atom is -0.478 e.